The van der Waals surface area contributed by atoms with Crippen molar-refractivity contribution in [3.63, 3.8) is 0 Å². The standard InChI is InChI=1S/C12H20O2/c1-6-14-12(13)11(10(4)5)8-7-9(2)3/h7-8,10H,6H2,1-5H3/b11-8+. The van der Waals surface area contributed by atoms with E-state index in [-0.39, 0.29) is 11.9 Å². The van der Waals surface area contributed by atoms with E-state index in [9.17, 15) is 4.79 Å². The Morgan fingerprint density at radius 2 is 1.86 bits per heavy atom. The van der Waals surface area contributed by atoms with E-state index in [2.05, 4.69) is 0 Å². The molecule has 0 saturated carbocycles. The van der Waals surface area contributed by atoms with Crippen molar-refractivity contribution in [1.82, 2.24) is 0 Å². The second-order valence-corrected chi connectivity index (χ2v) is 3.74. The normalized spacial score (nSPS) is 11.4. The zero-order valence-electron chi connectivity index (χ0n) is 9.76. The molecule has 0 N–H and O–H groups in total. The van der Waals surface area contributed by atoms with Crippen LogP contribution in [0, 0.1) is 5.92 Å². The van der Waals surface area contributed by atoms with Crippen LogP contribution in [0.5, 0.6) is 0 Å². The predicted octanol–water partition coefficient (Wildman–Crippen LogP) is 3.10. The van der Waals surface area contributed by atoms with Gasteiger partial charge < -0.3 is 4.74 Å². The van der Waals surface area contributed by atoms with Crippen LogP contribution in [0.2, 0.25) is 0 Å². The average molecular weight is 196 g/mol. The minimum atomic E-state index is -0.208. The number of hydrogen-bond acceptors (Lipinski definition) is 2. The first-order valence-corrected chi connectivity index (χ1v) is 5.01. The van der Waals surface area contributed by atoms with Gasteiger partial charge in [0.05, 0.1) is 6.61 Å². The Bertz CT molecular complexity index is 243. The number of hydrogen-bond donors (Lipinski definition) is 0. The number of carbonyl (C=O) groups is 1. The lowest BCUT2D eigenvalue weighted by atomic mass is 10.0. The zero-order chi connectivity index (χ0) is 11.1. The van der Waals surface area contributed by atoms with E-state index in [0.717, 1.165) is 5.57 Å². The first-order valence-electron chi connectivity index (χ1n) is 5.01. The van der Waals surface area contributed by atoms with Crippen molar-refractivity contribution < 1.29 is 9.53 Å². The molecule has 14 heavy (non-hydrogen) atoms. The average Bonchev–Trinajstić information content (AvgIpc) is 2.03. The molecule has 0 spiro atoms. The summed E-state index contributed by atoms with van der Waals surface area (Å²) in [4.78, 5) is 11.5. The van der Waals surface area contributed by atoms with Crippen molar-refractivity contribution >= 4 is 5.97 Å². The number of allylic oxidation sites excluding steroid dienone is 3. The van der Waals surface area contributed by atoms with E-state index in [4.69, 9.17) is 4.74 Å². The monoisotopic (exact) mass is 196 g/mol. The van der Waals surface area contributed by atoms with Gasteiger partial charge in [-0.2, -0.15) is 0 Å². The molecule has 0 radical (unpaired) electrons. The zero-order valence-corrected chi connectivity index (χ0v) is 9.76. The van der Waals surface area contributed by atoms with Gasteiger partial charge in [-0.25, -0.2) is 4.79 Å². The molecule has 0 heterocycles. The lowest BCUT2D eigenvalue weighted by Gasteiger charge is -2.09. The molecule has 2 heteroatoms. The summed E-state index contributed by atoms with van der Waals surface area (Å²) in [6, 6.07) is 0. The third-order valence-electron chi connectivity index (χ3n) is 1.73. The Hall–Kier alpha value is -1.05. The summed E-state index contributed by atoms with van der Waals surface area (Å²) < 4.78 is 4.96. The van der Waals surface area contributed by atoms with Gasteiger partial charge >= 0.3 is 5.97 Å². The van der Waals surface area contributed by atoms with Gasteiger partial charge in [0.25, 0.3) is 0 Å². The van der Waals surface area contributed by atoms with Gasteiger partial charge in [-0.05, 0) is 26.7 Å². The molecule has 80 valence electrons. The molecule has 0 fully saturated rings. The molecule has 0 bridgehead atoms. The number of carbonyl (C=O) groups excluding carboxylic acids is 1. The number of esters is 1. The van der Waals surface area contributed by atoms with Crippen LogP contribution in [0.3, 0.4) is 0 Å². The highest BCUT2D eigenvalue weighted by Gasteiger charge is 2.12. The molecule has 0 aliphatic carbocycles. The molecule has 0 unspecified atom stereocenters. The Labute approximate surface area is 86.6 Å². The molecule has 0 rings (SSSR count). The molecule has 0 amide bonds. The van der Waals surface area contributed by atoms with Gasteiger partial charge in [-0.15, -0.1) is 0 Å². The molecule has 2 nitrogen and oxygen atoms in total. The highest BCUT2D eigenvalue weighted by molar-refractivity contribution is 5.89. The highest BCUT2D eigenvalue weighted by Crippen LogP contribution is 2.12. The second-order valence-electron chi connectivity index (χ2n) is 3.74. The van der Waals surface area contributed by atoms with Gasteiger partial charge in [-0.3, -0.25) is 0 Å². The van der Waals surface area contributed by atoms with E-state index in [0.29, 0.717) is 6.61 Å². The Balaban J connectivity index is 4.68. The summed E-state index contributed by atoms with van der Waals surface area (Å²) in [7, 11) is 0. The fourth-order valence-corrected chi connectivity index (χ4v) is 0.967. The summed E-state index contributed by atoms with van der Waals surface area (Å²) in [5.74, 6) is -0.00958. The summed E-state index contributed by atoms with van der Waals surface area (Å²) in [5, 5.41) is 0. The summed E-state index contributed by atoms with van der Waals surface area (Å²) in [6.45, 7) is 10.2. The van der Waals surface area contributed by atoms with E-state index in [1.165, 1.54) is 5.57 Å². The minimum absolute atomic E-state index is 0.199. The number of ether oxygens (including phenoxy) is 1. The molecule has 0 aliphatic rings. The van der Waals surface area contributed by atoms with Crippen molar-refractivity contribution in [2.45, 2.75) is 34.6 Å². The summed E-state index contributed by atoms with van der Waals surface area (Å²) in [5.41, 5.74) is 1.90. The Kier molecular flexibility index (Phi) is 5.93. The SMILES string of the molecule is CCOC(=O)/C(=C/C=C(C)C)C(C)C. The molecule has 0 aromatic rings. The third kappa shape index (κ3) is 4.85. The van der Waals surface area contributed by atoms with Crippen molar-refractivity contribution in [2.75, 3.05) is 6.61 Å². The molecule has 0 saturated heterocycles. The van der Waals surface area contributed by atoms with Gasteiger partial charge in [0.15, 0.2) is 0 Å². The maximum Gasteiger partial charge on any atom is 0.334 e. The van der Waals surface area contributed by atoms with Crippen LogP contribution in [-0.4, -0.2) is 12.6 Å². The predicted molar refractivity (Wildman–Crippen MR) is 59.0 cm³/mol. The lowest BCUT2D eigenvalue weighted by Crippen LogP contribution is -2.12. The van der Waals surface area contributed by atoms with Crippen LogP contribution in [0.25, 0.3) is 0 Å². The van der Waals surface area contributed by atoms with Gasteiger partial charge in [0, 0.05) is 5.57 Å². The molecule has 0 aromatic carbocycles. The minimum Gasteiger partial charge on any atom is -0.463 e. The molecular weight excluding hydrogens is 176 g/mol. The summed E-state index contributed by atoms with van der Waals surface area (Å²) in [6.07, 6.45) is 3.78. The molecule has 0 aliphatic heterocycles. The van der Waals surface area contributed by atoms with Crippen LogP contribution in [-0.2, 0) is 9.53 Å². The van der Waals surface area contributed by atoms with Crippen molar-refractivity contribution in [3.8, 4) is 0 Å². The van der Waals surface area contributed by atoms with Gasteiger partial charge in [0.2, 0.25) is 0 Å². The Morgan fingerprint density at radius 1 is 1.29 bits per heavy atom. The first kappa shape index (κ1) is 12.9. The van der Waals surface area contributed by atoms with E-state index in [1.807, 2.05) is 46.8 Å². The van der Waals surface area contributed by atoms with Crippen LogP contribution < -0.4 is 0 Å². The second kappa shape index (κ2) is 6.41. The van der Waals surface area contributed by atoms with E-state index >= 15 is 0 Å². The largest absolute Gasteiger partial charge is 0.463 e. The highest BCUT2D eigenvalue weighted by atomic mass is 16.5. The third-order valence-corrected chi connectivity index (χ3v) is 1.73. The lowest BCUT2D eigenvalue weighted by molar-refractivity contribution is -0.139. The van der Waals surface area contributed by atoms with Crippen LogP contribution in [0.1, 0.15) is 34.6 Å². The Morgan fingerprint density at radius 3 is 2.21 bits per heavy atom. The van der Waals surface area contributed by atoms with Crippen molar-refractivity contribution in [2.24, 2.45) is 5.92 Å². The van der Waals surface area contributed by atoms with Crippen LogP contribution in [0.15, 0.2) is 23.3 Å². The van der Waals surface area contributed by atoms with Gasteiger partial charge in [-0.1, -0.05) is 31.6 Å². The topological polar surface area (TPSA) is 26.3 Å². The molecular formula is C12H20O2. The fraction of sp³-hybridized carbons (Fsp3) is 0.583. The summed E-state index contributed by atoms with van der Waals surface area (Å²) >= 11 is 0. The fourth-order valence-electron chi connectivity index (χ4n) is 0.967. The van der Waals surface area contributed by atoms with Crippen molar-refractivity contribution in [1.29, 1.82) is 0 Å². The smallest absolute Gasteiger partial charge is 0.334 e. The van der Waals surface area contributed by atoms with Gasteiger partial charge in [0.1, 0.15) is 0 Å². The molecule has 0 atom stereocenters. The first-order chi connectivity index (χ1) is 6.49. The quantitative estimate of drug-likeness (QED) is 0.392. The maximum absolute atomic E-state index is 11.5. The molecule has 0 aromatic heterocycles. The van der Waals surface area contributed by atoms with Crippen molar-refractivity contribution in [3.05, 3.63) is 23.3 Å². The van der Waals surface area contributed by atoms with Crippen LogP contribution in [0.4, 0.5) is 0 Å². The van der Waals surface area contributed by atoms with E-state index < -0.39 is 0 Å². The maximum atomic E-state index is 11.5. The number of rotatable bonds is 4. The van der Waals surface area contributed by atoms with Crippen LogP contribution >= 0.6 is 0 Å². The van der Waals surface area contributed by atoms with E-state index in [1.54, 1.807) is 0 Å².